The van der Waals surface area contributed by atoms with Crippen molar-refractivity contribution in [3.05, 3.63) is 42.5 Å². The number of unbranched alkanes of at least 4 members (excludes halogenated alkanes) is 3. The molecule has 5 heteroatoms. The molecule has 1 aromatic carbocycles. The van der Waals surface area contributed by atoms with Gasteiger partial charge >= 0.3 is 5.97 Å². The first-order valence-electron chi connectivity index (χ1n) is 7.02. The molecule has 0 aliphatic heterocycles. The van der Waals surface area contributed by atoms with Crippen LogP contribution < -0.4 is 4.74 Å². The number of aliphatic hydroxyl groups excluding tert-OH is 1. The second kappa shape index (κ2) is 9.96. The van der Waals surface area contributed by atoms with Gasteiger partial charge in [-0.3, -0.25) is 0 Å². The zero-order valence-corrected chi connectivity index (χ0v) is 12.0. The summed E-state index contributed by atoms with van der Waals surface area (Å²) in [5.74, 6) is -0.261. The maximum atomic E-state index is 10.7. The molecule has 2 N–H and O–H groups in total. The molecule has 0 amide bonds. The van der Waals surface area contributed by atoms with Crippen molar-refractivity contribution in [3.63, 3.8) is 0 Å². The van der Waals surface area contributed by atoms with E-state index in [2.05, 4.69) is 6.58 Å². The first-order valence-corrected chi connectivity index (χ1v) is 7.02. The van der Waals surface area contributed by atoms with Gasteiger partial charge in [0.15, 0.2) is 6.29 Å². The molecule has 1 aromatic rings. The Labute approximate surface area is 124 Å². The quantitative estimate of drug-likeness (QED) is 0.373. The maximum absolute atomic E-state index is 10.7. The van der Waals surface area contributed by atoms with Crippen LogP contribution in [0.15, 0.2) is 36.9 Å². The van der Waals surface area contributed by atoms with E-state index >= 15 is 0 Å². The highest BCUT2D eigenvalue weighted by Crippen LogP contribution is 2.13. The Morgan fingerprint density at radius 3 is 2.33 bits per heavy atom. The number of carbonyl (C=O) groups is 1. The van der Waals surface area contributed by atoms with E-state index in [4.69, 9.17) is 19.7 Å². The molecule has 0 saturated heterocycles. The fourth-order valence-electron chi connectivity index (χ4n) is 1.71. The summed E-state index contributed by atoms with van der Waals surface area (Å²) in [7, 11) is 0. The molecule has 1 atom stereocenters. The second-order valence-corrected chi connectivity index (χ2v) is 4.59. The van der Waals surface area contributed by atoms with Crippen LogP contribution in [0.25, 0.3) is 0 Å². The van der Waals surface area contributed by atoms with Crippen molar-refractivity contribution in [2.75, 3.05) is 13.2 Å². The maximum Gasteiger partial charge on any atom is 0.335 e. The Bertz CT molecular complexity index is 427. The van der Waals surface area contributed by atoms with Gasteiger partial charge in [0, 0.05) is 0 Å². The van der Waals surface area contributed by atoms with Crippen molar-refractivity contribution >= 4 is 5.97 Å². The molecule has 0 saturated carbocycles. The van der Waals surface area contributed by atoms with Crippen molar-refractivity contribution in [1.82, 2.24) is 0 Å². The monoisotopic (exact) mass is 294 g/mol. The highest BCUT2D eigenvalue weighted by Gasteiger charge is 2.02. The van der Waals surface area contributed by atoms with E-state index in [-0.39, 0.29) is 5.56 Å². The molecule has 116 valence electrons. The molecule has 0 aromatic heterocycles. The Balaban J connectivity index is 2.04. The number of hydrogen-bond acceptors (Lipinski definition) is 4. The lowest BCUT2D eigenvalue weighted by molar-refractivity contribution is -0.0649. The number of aliphatic hydroxyl groups is 1. The minimum atomic E-state index is -0.939. The second-order valence-electron chi connectivity index (χ2n) is 4.59. The van der Waals surface area contributed by atoms with E-state index in [9.17, 15) is 4.79 Å². The molecule has 0 radical (unpaired) electrons. The van der Waals surface area contributed by atoms with Gasteiger partial charge in [0.1, 0.15) is 5.75 Å². The van der Waals surface area contributed by atoms with Gasteiger partial charge in [0.2, 0.25) is 0 Å². The summed E-state index contributed by atoms with van der Waals surface area (Å²) in [6.45, 7) is 4.54. The number of carboxylic acid groups (broad SMARTS) is 1. The van der Waals surface area contributed by atoms with E-state index in [1.165, 1.54) is 18.2 Å². The minimum Gasteiger partial charge on any atom is -0.494 e. The van der Waals surface area contributed by atoms with Crippen LogP contribution in [0.3, 0.4) is 0 Å². The van der Waals surface area contributed by atoms with Gasteiger partial charge in [0.25, 0.3) is 0 Å². The van der Waals surface area contributed by atoms with Gasteiger partial charge in [-0.1, -0.05) is 13.0 Å². The van der Waals surface area contributed by atoms with Crippen molar-refractivity contribution in [2.24, 2.45) is 0 Å². The standard InChI is InChI=1S/C16H22O5/c1-2-15(17)21-12-6-4-3-5-11-20-14-9-7-13(8-10-14)16(18)19/h2,7-10,15,17H,1,3-6,11-12H2,(H,18,19). The minimum absolute atomic E-state index is 0.254. The van der Waals surface area contributed by atoms with Crippen LogP contribution in [-0.4, -0.2) is 35.7 Å². The highest BCUT2D eigenvalue weighted by molar-refractivity contribution is 5.87. The van der Waals surface area contributed by atoms with E-state index in [0.717, 1.165) is 25.7 Å². The average molecular weight is 294 g/mol. The normalized spacial score (nSPS) is 11.9. The van der Waals surface area contributed by atoms with Crippen molar-refractivity contribution in [1.29, 1.82) is 0 Å². The van der Waals surface area contributed by atoms with Crippen LogP contribution >= 0.6 is 0 Å². The van der Waals surface area contributed by atoms with Crippen LogP contribution in [-0.2, 0) is 4.74 Å². The average Bonchev–Trinajstić information content (AvgIpc) is 2.50. The molecule has 21 heavy (non-hydrogen) atoms. The van der Waals surface area contributed by atoms with Crippen LogP contribution in [0, 0.1) is 0 Å². The summed E-state index contributed by atoms with van der Waals surface area (Å²) < 4.78 is 10.6. The topological polar surface area (TPSA) is 76.0 Å². The van der Waals surface area contributed by atoms with Gasteiger partial charge in [0.05, 0.1) is 18.8 Å². The van der Waals surface area contributed by atoms with Crippen LogP contribution in [0.1, 0.15) is 36.0 Å². The molecule has 1 rings (SSSR count). The van der Waals surface area contributed by atoms with Crippen molar-refractivity contribution in [2.45, 2.75) is 32.0 Å². The first-order chi connectivity index (χ1) is 10.1. The van der Waals surface area contributed by atoms with E-state index in [1.807, 2.05) is 0 Å². The van der Waals surface area contributed by atoms with Crippen LogP contribution in [0.4, 0.5) is 0 Å². The van der Waals surface area contributed by atoms with Crippen molar-refractivity contribution in [3.8, 4) is 5.75 Å². The van der Waals surface area contributed by atoms with Gasteiger partial charge in [-0.25, -0.2) is 4.79 Å². The molecule has 0 spiro atoms. The van der Waals surface area contributed by atoms with Gasteiger partial charge in [-0.15, -0.1) is 0 Å². The van der Waals surface area contributed by atoms with Gasteiger partial charge in [-0.05, 0) is 49.6 Å². The number of ether oxygens (including phenoxy) is 2. The highest BCUT2D eigenvalue weighted by atomic mass is 16.6. The molecule has 5 nitrogen and oxygen atoms in total. The van der Waals surface area contributed by atoms with Crippen molar-refractivity contribution < 1.29 is 24.5 Å². The van der Waals surface area contributed by atoms with Gasteiger partial charge in [-0.2, -0.15) is 0 Å². The summed E-state index contributed by atoms with van der Waals surface area (Å²) >= 11 is 0. The molecule has 0 fully saturated rings. The third-order valence-electron chi connectivity index (χ3n) is 2.90. The third-order valence-corrected chi connectivity index (χ3v) is 2.90. The summed E-state index contributed by atoms with van der Waals surface area (Å²) in [6, 6.07) is 6.38. The molecule has 0 aliphatic carbocycles. The smallest absolute Gasteiger partial charge is 0.335 e. The first kappa shape index (κ1) is 17.2. The fraction of sp³-hybridized carbons (Fsp3) is 0.438. The van der Waals surface area contributed by atoms with Crippen LogP contribution in [0.2, 0.25) is 0 Å². The van der Waals surface area contributed by atoms with E-state index in [0.29, 0.717) is 19.0 Å². The largest absolute Gasteiger partial charge is 0.494 e. The van der Waals surface area contributed by atoms with E-state index < -0.39 is 12.3 Å². The molecule has 0 aliphatic rings. The Morgan fingerprint density at radius 2 is 1.76 bits per heavy atom. The summed E-state index contributed by atoms with van der Waals surface area (Å²) in [4.78, 5) is 10.7. The summed E-state index contributed by atoms with van der Waals surface area (Å²) in [6.07, 6.45) is 4.31. The predicted octanol–water partition coefficient (Wildman–Crippen LogP) is 2.85. The Hall–Kier alpha value is -1.85. The van der Waals surface area contributed by atoms with Crippen LogP contribution in [0.5, 0.6) is 5.75 Å². The van der Waals surface area contributed by atoms with Gasteiger partial charge < -0.3 is 19.7 Å². The zero-order valence-electron chi connectivity index (χ0n) is 12.0. The zero-order chi connectivity index (χ0) is 15.5. The third kappa shape index (κ3) is 7.48. The summed E-state index contributed by atoms with van der Waals surface area (Å²) in [5, 5.41) is 17.9. The predicted molar refractivity (Wildman–Crippen MR) is 79.5 cm³/mol. The summed E-state index contributed by atoms with van der Waals surface area (Å²) in [5.41, 5.74) is 0.254. The van der Waals surface area contributed by atoms with E-state index in [1.54, 1.807) is 12.1 Å². The lowest BCUT2D eigenvalue weighted by Gasteiger charge is -2.08. The molecule has 0 bridgehead atoms. The lowest BCUT2D eigenvalue weighted by atomic mass is 10.2. The number of benzene rings is 1. The Kier molecular flexibility index (Phi) is 8.16. The molecular weight excluding hydrogens is 272 g/mol. The number of rotatable bonds is 11. The number of aromatic carboxylic acids is 1. The molecular formula is C16H22O5. The lowest BCUT2D eigenvalue weighted by Crippen LogP contribution is -2.08. The number of hydrogen-bond donors (Lipinski definition) is 2. The number of carboxylic acids is 1. The SMILES string of the molecule is C=CC(O)OCCCCCCOc1ccc(C(=O)O)cc1. The molecule has 0 heterocycles. The molecule has 1 unspecified atom stereocenters. The fourth-order valence-corrected chi connectivity index (χ4v) is 1.71. The Morgan fingerprint density at radius 1 is 1.14 bits per heavy atom.